The van der Waals surface area contributed by atoms with Gasteiger partial charge in [-0.15, -0.1) is 0 Å². The molecule has 23 heavy (non-hydrogen) atoms. The summed E-state index contributed by atoms with van der Waals surface area (Å²) in [6, 6.07) is 16.5. The molecule has 0 aromatic heterocycles. The molecule has 1 N–H and O–H groups in total. The number of hydrogen-bond acceptors (Lipinski definition) is 3. The van der Waals surface area contributed by atoms with Crippen LogP contribution in [0.3, 0.4) is 0 Å². The van der Waals surface area contributed by atoms with Crippen LogP contribution in [0.15, 0.2) is 59.5 Å². The lowest BCUT2D eigenvalue weighted by Crippen LogP contribution is -2.26. The molecule has 0 atom stereocenters. The van der Waals surface area contributed by atoms with E-state index in [-0.39, 0.29) is 23.0 Å². The van der Waals surface area contributed by atoms with Gasteiger partial charge in [0.2, 0.25) is 5.91 Å². The number of nitrogens with one attached hydrogen (secondary N) is 1. The summed E-state index contributed by atoms with van der Waals surface area (Å²) in [4.78, 5) is 11.8. The van der Waals surface area contributed by atoms with Gasteiger partial charge in [0.25, 0.3) is 0 Å². The summed E-state index contributed by atoms with van der Waals surface area (Å²) in [5.41, 5.74) is 2.00. The summed E-state index contributed by atoms with van der Waals surface area (Å²) in [5, 5.41) is 2.68. The summed E-state index contributed by atoms with van der Waals surface area (Å²) in [6.45, 7) is 2.52. The Bertz CT molecular complexity index is 738. The van der Waals surface area contributed by atoms with Crippen LogP contribution in [0.1, 0.15) is 19.8 Å². The fourth-order valence-corrected chi connectivity index (χ4v) is 3.42. The lowest BCUT2D eigenvalue weighted by Gasteiger charge is -2.07. The highest BCUT2D eigenvalue weighted by molar-refractivity contribution is 7.91. The largest absolute Gasteiger partial charge is 0.356 e. The number of rotatable bonds is 7. The van der Waals surface area contributed by atoms with Crippen molar-refractivity contribution in [3.63, 3.8) is 0 Å². The van der Waals surface area contributed by atoms with E-state index in [0.29, 0.717) is 6.54 Å². The van der Waals surface area contributed by atoms with E-state index < -0.39 is 9.84 Å². The second-order valence-corrected chi connectivity index (χ2v) is 7.42. The van der Waals surface area contributed by atoms with Gasteiger partial charge < -0.3 is 5.32 Å². The molecule has 0 spiro atoms. The van der Waals surface area contributed by atoms with Crippen molar-refractivity contribution in [3.05, 3.63) is 54.6 Å². The van der Waals surface area contributed by atoms with Gasteiger partial charge in [-0.3, -0.25) is 4.79 Å². The zero-order valence-electron chi connectivity index (χ0n) is 13.2. The predicted octanol–water partition coefficient (Wildman–Crippen LogP) is 3.04. The first kappa shape index (κ1) is 17.2. The number of carbonyl (C=O) groups is 1. The third-order valence-electron chi connectivity index (χ3n) is 3.49. The second kappa shape index (κ2) is 7.92. The molecule has 0 aliphatic carbocycles. The topological polar surface area (TPSA) is 63.2 Å². The predicted molar refractivity (Wildman–Crippen MR) is 91.8 cm³/mol. The Labute approximate surface area is 137 Å². The van der Waals surface area contributed by atoms with E-state index in [1.54, 1.807) is 24.3 Å². The van der Waals surface area contributed by atoms with Crippen LogP contribution in [-0.2, 0) is 14.6 Å². The highest BCUT2D eigenvalue weighted by atomic mass is 32.2. The molecule has 0 saturated carbocycles. The molecule has 0 radical (unpaired) electrons. The minimum atomic E-state index is -3.44. The van der Waals surface area contributed by atoms with Gasteiger partial charge in [-0.05, 0) is 29.7 Å². The Kier molecular flexibility index (Phi) is 5.93. The number of benzene rings is 2. The molecule has 4 nitrogen and oxygen atoms in total. The lowest BCUT2D eigenvalue weighted by atomic mass is 10.1. The zero-order valence-corrected chi connectivity index (χ0v) is 14.0. The van der Waals surface area contributed by atoms with Crippen LogP contribution in [0.2, 0.25) is 0 Å². The summed E-state index contributed by atoms with van der Waals surface area (Å²) in [5.74, 6) is -0.399. The van der Waals surface area contributed by atoms with Gasteiger partial charge in [0.05, 0.1) is 10.6 Å². The van der Waals surface area contributed by atoms with Crippen LogP contribution in [0.5, 0.6) is 0 Å². The molecule has 0 bridgehead atoms. The normalized spacial score (nSPS) is 11.2. The Hall–Kier alpha value is -2.14. The Morgan fingerprint density at radius 3 is 2.17 bits per heavy atom. The second-order valence-electron chi connectivity index (χ2n) is 5.31. The van der Waals surface area contributed by atoms with Crippen LogP contribution in [-0.4, -0.2) is 26.6 Å². The molecule has 0 aliphatic heterocycles. The van der Waals surface area contributed by atoms with Crippen molar-refractivity contribution in [1.82, 2.24) is 5.32 Å². The minimum absolute atomic E-state index is 0.0111. The maximum absolute atomic E-state index is 12.3. The molecule has 2 aromatic rings. The summed E-state index contributed by atoms with van der Waals surface area (Å²) >= 11 is 0. The lowest BCUT2D eigenvalue weighted by molar-refractivity contribution is -0.120. The third-order valence-corrected chi connectivity index (χ3v) is 5.22. The van der Waals surface area contributed by atoms with E-state index in [0.717, 1.165) is 17.5 Å². The maximum atomic E-state index is 12.3. The van der Waals surface area contributed by atoms with Crippen LogP contribution in [0.4, 0.5) is 0 Å². The smallest absolute Gasteiger partial charge is 0.221 e. The van der Waals surface area contributed by atoms with Crippen molar-refractivity contribution in [2.24, 2.45) is 0 Å². The van der Waals surface area contributed by atoms with Gasteiger partial charge in [-0.2, -0.15) is 0 Å². The van der Waals surface area contributed by atoms with Gasteiger partial charge in [-0.25, -0.2) is 8.42 Å². The first-order chi connectivity index (χ1) is 11.0. The molecular weight excluding hydrogens is 310 g/mol. The number of hydrogen-bond donors (Lipinski definition) is 1. The van der Waals surface area contributed by atoms with Crippen molar-refractivity contribution in [3.8, 4) is 11.1 Å². The molecule has 2 rings (SSSR count). The number of sulfone groups is 1. The third kappa shape index (κ3) is 4.93. The van der Waals surface area contributed by atoms with E-state index in [9.17, 15) is 13.2 Å². The Morgan fingerprint density at radius 1 is 0.957 bits per heavy atom. The van der Waals surface area contributed by atoms with Gasteiger partial charge in [0.15, 0.2) is 9.84 Å². The number of carbonyl (C=O) groups excluding carboxylic acids is 1. The fraction of sp³-hybridized carbons (Fsp3) is 0.278. The van der Waals surface area contributed by atoms with Gasteiger partial charge in [-0.1, -0.05) is 49.4 Å². The molecular formula is C18H21NO3S. The quantitative estimate of drug-likeness (QED) is 0.848. The standard InChI is InChI=1S/C18H21NO3S/c1-2-13-19-18(20)12-14-23(21,22)17-10-8-16(9-11-17)15-6-4-3-5-7-15/h3-11H,2,12-14H2,1H3,(H,19,20). The summed E-state index contributed by atoms with van der Waals surface area (Å²) < 4.78 is 24.6. The van der Waals surface area contributed by atoms with E-state index in [1.807, 2.05) is 37.3 Å². The first-order valence-corrected chi connectivity index (χ1v) is 9.33. The van der Waals surface area contributed by atoms with Gasteiger partial charge in [0.1, 0.15) is 0 Å². The molecule has 5 heteroatoms. The average molecular weight is 331 g/mol. The fourth-order valence-electron chi connectivity index (χ4n) is 2.18. The molecule has 0 saturated heterocycles. The van der Waals surface area contributed by atoms with Gasteiger partial charge in [0, 0.05) is 13.0 Å². The number of amides is 1. The van der Waals surface area contributed by atoms with E-state index >= 15 is 0 Å². The summed E-state index contributed by atoms with van der Waals surface area (Å²) in [6.07, 6.45) is 0.822. The molecule has 0 fully saturated rings. The molecule has 122 valence electrons. The Balaban J connectivity index is 2.04. The van der Waals surface area contributed by atoms with Gasteiger partial charge >= 0.3 is 0 Å². The molecule has 0 unspecified atom stereocenters. The minimum Gasteiger partial charge on any atom is -0.356 e. The van der Waals surface area contributed by atoms with E-state index in [1.165, 1.54) is 0 Å². The SMILES string of the molecule is CCCNC(=O)CCS(=O)(=O)c1ccc(-c2ccccc2)cc1. The van der Waals surface area contributed by atoms with E-state index in [2.05, 4.69) is 5.32 Å². The maximum Gasteiger partial charge on any atom is 0.221 e. The monoisotopic (exact) mass is 331 g/mol. The van der Waals surface area contributed by atoms with Crippen molar-refractivity contribution < 1.29 is 13.2 Å². The molecule has 0 heterocycles. The van der Waals surface area contributed by atoms with Crippen LogP contribution in [0.25, 0.3) is 11.1 Å². The highest BCUT2D eigenvalue weighted by Gasteiger charge is 2.16. The van der Waals surface area contributed by atoms with Crippen molar-refractivity contribution in [2.45, 2.75) is 24.7 Å². The van der Waals surface area contributed by atoms with Crippen molar-refractivity contribution in [1.29, 1.82) is 0 Å². The van der Waals surface area contributed by atoms with Crippen molar-refractivity contribution >= 4 is 15.7 Å². The molecule has 1 amide bonds. The average Bonchev–Trinajstić information content (AvgIpc) is 2.59. The zero-order chi connectivity index (χ0) is 16.7. The highest BCUT2D eigenvalue weighted by Crippen LogP contribution is 2.21. The van der Waals surface area contributed by atoms with Crippen molar-refractivity contribution in [2.75, 3.05) is 12.3 Å². The van der Waals surface area contributed by atoms with E-state index in [4.69, 9.17) is 0 Å². The summed E-state index contributed by atoms with van der Waals surface area (Å²) in [7, 11) is -3.44. The van der Waals surface area contributed by atoms with Crippen LogP contribution < -0.4 is 5.32 Å². The Morgan fingerprint density at radius 2 is 1.57 bits per heavy atom. The molecule has 0 aliphatic rings. The first-order valence-electron chi connectivity index (χ1n) is 7.68. The van der Waals surface area contributed by atoms with Crippen LogP contribution >= 0.6 is 0 Å². The van der Waals surface area contributed by atoms with Crippen LogP contribution in [0, 0.1) is 0 Å². The molecule has 2 aromatic carbocycles.